The minimum absolute atomic E-state index is 0.0398. The molecule has 0 aromatic heterocycles. The number of rotatable bonds is 11. The molecule has 1 amide bonds. The molecule has 1 unspecified atom stereocenters. The third kappa shape index (κ3) is 6.07. The van der Waals surface area contributed by atoms with Crippen molar-refractivity contribution in [3.63, 3.8) is 0 Å². The summed E-state index contributed by atoms with van der Waals surface area (Å²) in [6, 6.07) is 15.3. The van der Waals surface area contributed by atoms with Crippen LogP contribution in [-0.4, -0.2) is 49.4 Å². The van der Waals surface area contributed by atoms with Crippen molar-refractivity contribution in [3.8, 4) is 11.5 Å². The van der Waals surface area contributed by atoms with Crippen molar-refractivity contribution in [2.75, 3.05) is 20.8 Å². The Kier molecular flexibility index (Phi) is 7.46. The summed E-state index contributed by atoms with van der Waals surface area (Å²) in [7, 11) is 3.25. The predicted molar refractivity (Wildman–Crippen MR) is 116 cm³/mol. The van der Waals surface area contributed by atoms with Crippen LogP contribution in [0.1, 0.15) is 30.9 Å². The SMILES string of the molecule is COc1ccc(CN(CC(=O)NC(Cc2ccccc2)C(C)=O)C2CC2)c(OC)c1. The number of hydrogen-bond donors (Lipinski definition) is 1. The lowest BCUT2D eigenvalue weighted by Crippen LogP contribution is -2.46. The molecular weight excluding hydrogens is 380 g/mol. The van der Waals surface area contributed by atoms with E-state index in [4.69, 9.17) is 9.47 Å². The maximum absolute atomic E-state index is 12.8. The van der Waals surface area contributed by atoms with Gasteiger partial charge in [-0.1, -0.05) is 36.4 Å². The first-order valence-electron chi connectivity index (χ1n) is 10.3. The van der Waals surface area contributed by atoms with E-state index in [1.54, 1.807) is 14.2 Å². The molecule has 30 heavy (non-hydrogen) atoms. The highest BCUT2D eigenvalue weighted by Crippen LogP contribution is 2.31. The molecule has 1 aliphatic rings. The summed E-state index contributed by atoms with van der Waals surface area (Å²) in [5.74, 6) is 1.30. The molecule has 1 fully saturated rings. The van der Waals surface area contributed by atoms with Crippen molar-refractivity contribution >= 4 is 11.7 Å². The van der Waals surface area contributed by atoms with Crippen LogP contribution in [0.15, 0.2) is 48.5 Å². The van der Waals surface area contributed by atoms with Gasteiger partial charge in [0.1, 0.15) is 11.5 Å². The van der Waals surface area contributed by atoms with Gasteiger partial charge in [0, 0.05) is 24.2 Å². The van der Waals surface area contributed by atoms with Crippen LogP contribution in [0.5, 0.6) is 11.5 Å². The second-order valence-electron chi connectivity index (χ2n) is 7.73. The highest BCUT2D eigenvalue weighted by molar-refractivity contribution is 5.88. The standard InChI is InChI=1S/C24H30N2O4/c1-17(27)22(13-18-7-5-4-6-8-18)25-24(28)16-26(20-10-11-20)15-19-9-12-21(29-2)14-23(19)30-3/h4-9,12,14,20,22H,10-11,13,15-16H2,1-3H3,(H,25,28). The Hall–Kier alpha value is -2.86. The molecule has 6 heteroatoms. The van der Waals surface area contributed by atoms with E-state index >= 15 is 0 Å². The van der Waals surface area contributed by atoms with Crippen LogP contribution in [0.3, 0.4) is 0 Å². The van der Waals surface area contributed by atoms with Gasteiger partial charge in [-0.2, -0.15) is 0 Å². The van der Waals surface area contributed by atoms with Gasteiger partial charge in [0.2, 0.25) is 5.91 Å². The number of ether oxygens (including phenoxy) is 2. The molecule has 0 radical (unpaired) electrons. The highest BCUT2D eigenvalue weighted by Gasteiger charge is 2.31. The van der Waals surface area contributed by atoms with E-state index in [-0.39, 0.29) is 18.2 Å². The average molecular weight is 411 g/mol. The van der Waals surface area contributed by atoms with Crippen molar-refractivity contribution in [2.45, 2.75) is 44.8 Å². The molecular formula is C24H30N2O4. The van der Waals surface area contributed by atoms with Gasteiger partial charge in [-0.3, -0.25) is 14.5 Å². The molecule has 0 aliphatic heterocycles. The quantitative estimate of drug-likeness (QED) is 0.617. The van der Waals surface area contributed by atoms with Crippen molar-refractivity contribution in [3.05, 3.63) is 59.7 Å². The zero-order valence-corrected chi connectivity index (χ0v) is 17.9. The number of amides is 1. The number of nitrogens with one attached hydrogen (secondary N) is 1. The zero-order chi connectivity index (χ0) is 21.5. The first kappa shape index (κ1) is 21.8. The fourth-order valence-corrected chi connectivity index (χ4v) is 3.53. The lowest BCUT2D eigenvalue weighted by molar-refractivity contribution is -0.127. The smallest absolute Gasteiger partial charge is 0.234 e. The molecule has 1 aliphatic carbocycles. The van der Waals surface area contributed by atoms with E-state index in [1.807, 2.05) is 48.5 Å². The summed E-state index contributed by atoms with van der Waals surface area (Å²) in [4.78, 5) is 27.0. The number of carbonyl (C=O) groups excluding carboxylic acids is 2. The number of benzene rings is 2. The third-order valence-electron chi connectivity index (χ3n) is 5.39. The van der Waals surface area contributed by atoms with Crippen molar-refractivity contribution in [1.29, 1.82) is 0 Å². The van der Waals surface area contributed by atoms with Gasteiger partial charge in [-0.25, -0.2) is 0 Å². The fourth-order valence-electron chi connectivity index (χ4n) is 3.53. The first-order valence-corrected chi connectivity index (χ1v) is 10.3. The Morgan fingerprint density at radius 2 is 1.83 bits per heavy atom. The van der Waals surface area contributed by atoms with Crippen LogP contribution >= 0.6 is 0 Å². The number of ketones is 1. The summed E-state index contributed by atoms with van der Waals surface area (Å²) < 4.78 is 10.8. The van der Waals surface area contributed by atoms with E-state index in [0.717, 1.165) is 35.5 Å². The summed E-state index contributed by atoms with van der Waals surface area (Å²) >= 11 is 0. The Morgan fingerprint density at radius 1 is 1.10 bits per heavy atom. The van der Waals surface area contributed by atoms with E-state index in [9.17, 15) is 9.59 Å². The molecule has 1 N–H and O–H groups in total. The van der Waals surface area contributed by atoms with E-state index in [1.165, 1.54) is 6.92 Å². The molecule has 1 saturated carbocycles. The van der Waals surface area contributed by atoms with Gasteiger partial charge in [0.25, 0.3) is 0 Å². The minimum atomic E-state index is -0.517. The van der Waals surface area contributed by atoms with Gasteiger partial charge in [0.15, 0.2) is 5.78 Å². The van der Waals surface area contributed by atoms with Gasteiger partial charge in [-0.15, -0.1) is 0 Å². The van der Waals surface area contributed by atoms with Gasteiger partial charge in [0.05, 0.1) is 26.8 Å². The summed E-state index contributed by atoms with van der Waals surface area (Å²) in [5, 5.41) is 2.93. The zero-order valence-electron chi connectivity index (χ0n) is 17.9. The lowest BCUT2D eigenvalue weighted by Gasteiger charge is -2.24. The monoisotopic (exact) mass is 410 g/mol. The van der Waals surface area contributed by atoms with Crippen LogP contribution in [-0.2, 0) is 22.6 Å². The van der Waals surface area contributed by atoms with Crippen molar-refractivity contribution < 1.29 is 19.1 Å². The summed E-state index contributed by atoms with van der Waals surface area (Å²) in [5.41, 5.74) is 2.03. The number of hydrogen-bond acceptors (Lipinski definition) is 5. The maximum Gasteiger partial charge on any atom is 0.234 e. The predicted octanol–water partition coefficient (Wildman–Crippen LogP) is 2.98. The molecule has 1 atom stereocenters. The lowest BCUT2D eigenvalue weighted by atomic mass is 10.0. The highest BCUT2D eigenvalue weighted by atomic mass is 16.5. The molecule has 2 aromatic carbocycles. The van der Waals surface area contributed by atoms with Crippen LogP contribution in [0.2, 0.25) is 0 Å². The molecule has 6 nitrogen and oxygen atoms in total. The third-order valence-corrected chi connectivity index (χ3v) is 5.39. The van der Waals surface area contributed by atoms with Crippen LogP contribution < -0.4 is 14.8 Å². The fraction of sp³-hybridized carbons (Fsp3) is 0.417. The summed E-state index contributed by atoms with van der Waals surface area (Å²) in [6.07, 6.45) is 2.65. The maximum atomic E-state index is 12.8. The molecule has 0 saturated heterocycles. The Balaban J connectivity index is 1.64. The van der Waals surface area contributed by atoms with Crippen LogP contribution in [0.4, 0.5) is 0 Å². The number of methoxy groups -OCH3 is 2. The van der Waals surface area contributed by atoms with Gasteiger partial charge in [-0.05, 0) is 37.8 Å². The van der Waals surface area contributed by atoms with E-state index in [2.05, 4.69) is 10.2 Å². The van der Waals surface area contributed by atoms with Crippen molar-refractivity contribution in [2.24, 2.45) is 0 Å². The Morgan fingerprint density at radius 3 is 2.43 bits per heavy atom. The topological polar surface area (TPSA) is 67.9 Å². The van der Waals surface area contributed by atoms with E-state index in [0.29, 0.717) is 19.0 Å². The second kappa shape index (κ2) is 10.3. The Labute approximate surface area is 178 Å². The molecule has 0 bridgehead atoms. The molecule has 3 rings (SSSR count). The van der Waals surface area contributed by atoms with Crippen molar-refractivity contribution in [1.82, 2.24) is 10.2 Å². The molecule has 0 spiro atoms. The second-order valence-corrected chi connectivity index (χ2v) is 7.73. The number of nitrogens with zero attached hydrogens (tertiary/aromatic N) is 1. The number of carbonyl (C=O) groups is 2. The number of Topliss-reactive ketones (excluding diaryl/α,β-unsaturated/α-hetero) is 1. The normalized spacial score (nSPS) is 14.3. The Bertz CT molecular complexity index is 865. The molecule has 2 aromatic rings. The van der Waals surface area contributed by atoms with Gasteiger partial charge < -0.3 is 14.8 Å². The van der Waals surface area contributed by atoms with E-state index < -0.39 is 6.04 Å². The first-order chi connectivity index (χ1) is 14.5. The molecule has 160 valence electrons. The largest absolute Gasteiger partial charge is 0.497 e. The van der Waals surface area contributed by atoms with Gasteiger partial charge >= 0.3 is 0 Å². The van der Waals surface area contributed by atoms with Crippen LogP contribution in [0, 0.1) is 0 Å². The average Bonchev–Trinajstić information content (AvgIpc) is 3.59. The summed E-state index contributed by atoms with van der Waals surface area (Å²) in [6.45, 7) is 2.38. The minimum Gasteiger partial charge on any atom is -0.497 e. The van der Waals surface area contributed by atoms with Crippen LogP contribution in [0.25, 0.3) is 0 Å². The molecule has 0 heterocycles.